The van der Waals surface area contributed by atoms with E-state index >= 15 is 0 Å². The third-order valence-electron chi connectivity index (χ3n) is 7.93. The molecular formula is C33H41BrN4O3. The lowest BCUT2D eigenvalue weighted by Gasteiger charge is -2.42. The standard InChI is InChI=1S/C33H41BrN4O3/c1-41-23-8-7-22-37-33(20-9-13-26-12-5-6-14-29(26)33)21-19-30(31(39)36-24-25-10-3-2-4-11-25)38(32(35)40)28-17-15-27(34)16-18-28/h2-6,10-12,14-18,30,37H,7-9,13,19-24H2,1H3,(H2,35,40)(H,36,39)/t30-,33?/m0/s1. The van der Waals surface area contributed by atoms with Gasteiger partial charge in [0, 0.05) is 36.0 Å². The van der Waals surface area contributed by atoms with Gasteiger partial charge in [0.25, 0.3) is 0 Å². The summed E-state index contributed by atoms with van der Waals surface area (Å²) in [5, 5.41) is 6.96. The van der Waals surface area contributed by atoms with Gasteiger partial charge in [-0.05, 0) is 92.4 Å². The first-order valence-electron chi connectivity index (χ1n) is 14.4. The summed E-state index contributed by atoms with van der Waals surface area (Å²) < 4.78 is 6.13. The minimum absolute atomic E-state index is 0.227. The number of ether oxygens (including phenoxy) is 1. The highest BCUT2D eigenvalue weighted by Crippen LogP contribution is 2.40. The fourth-order valence-electron chi connectivity index (χ4n) is 5.88. The number of hydrogen-bond donors (Lipinski definition) is 3. The molecule has 1 unspecified atom stereocenters. The molecule has 8 heteroatoms. The molecule has 3 amide bonds. The number of nitrogens with two attached hydrogens (primary N) is 1. The van der Waals surface area contributed by atoms with Crippen LogP contribution in [-0.2, 0) is 28.0 Å². The molecule has 0 radical (unpaired) electrons. The average Bonchev–Trinajstić information content (AvgIpc) is 2.99. The van der Waals surface area contributed by atoms with Gasteiger partial charge in [0.1, 0.15) is 6.04 Å². The van der Waals surface area contributed by atoms with Crippen molar-refractivity contribution in [3.63, 3.8) is 0 Å². The lowest BCUT2D eigenvalue weighted by molar-refractivity contribution is -0.122. The maximum atomic E-state index is 13.9. The van der Waals surface area contributed by atoms with E-state index in [-0.39, 0.29) is 11.4 Å². The molecule has 0 aliphatic heterocycles. The Morgan fingerprint density at radius 1 is 1.02 bits per heavy atom. The highest BCUT2D eigenvalue weighted by Gasteiger charge is 2.39. The quantitative estimate of drug-likeness (QED) is 0.191. The Morgan fingerprint density at radius 3 is 2.49 bits per heavy atom. The van der Waals surface area contributed by atoms with Gasteiger partial charge < -0.3 is 21.1 Å². The first kappa shape index (κ1) is 30.8. The molecule has 0 fully saturated rings. The second kappa shape index (κ2) is 15.1. The lowest BCUT2D eigenvalue weighted by Crippen LogP contribution is -2.53. The van der Waals surface area contributed by atoms with E-state index in [1.54, 1.807) is 7.11 Å². The van der Waals surface area contributed by atoms with Crippen LogP contribution in [0.1, 0.15) is 55.2 Å². The molecule has 7 nitrogen and oxygen atoms in total. The van der Waals surface area contributed by atoms with Gasteiger partial charge in [0.2, 0.25) is 5.91 Å². The number of rotatable bonds is 14. The van der Waals surface area contributed by atoms with Crippen LogP contribution in [0, 0.1) is 0 Å². The molecule has 4 N–H and O–H groups in total. The van der Waals surface area contributed by atoms with Gasteiger partial charge in [-0.3, -0.25) is 9.69 Å². The Balaban J connectivity index is 1.63. The minimum Gasteiger partial charge on any atom is -0.385 e. The molecule has 41 heavy (non-hydrogen) atoms. The van der Waals surface area contributed by atoms with Crippen molar-refractivity contribution in [2.75, 3.05) is 25.2 Å². The van der Waals surface area contributed by atoms with Crippen LogP contribution in [0.4, 0.5) is 10.5 Å². The van der Waals surface area contributed by atoms with Crippen molar-refractivity contribution >= 4 is 33.6 Å². The summed E-state index contributed by atoms with van der Waals surface area (Å²) in [4.78, 5) is 28.2. The number of carbonyl (C=O) groups is 2. The molecule has 4 rings (SSSR count). The Morgan fingerprint density at radius 2 is 1.76 bits per heavy atom. The highest BCUT2D eigenvalue weighted by molar-refractivity contribution is 9.10. The van der Waals surface area contributed by atoms with Crippen molar-refractivity contribution in [1.29, 1.82) is 0 Å². The number of unbranched alkanes of at least 4 members (excludes halogenated alkanes) is 1. The minimum atomic E-state index is -0.779. The summed E-state index contributed by atoms with van der Waals surface area (Å²) in [6, 6.07) is 24.3. The van der Waals surface area contributed by atoms with Crippen molar-refractivity contribution in [1.82, 2.24) is 10.6 Å². The average molecular weight is 622 g/mol. The summed E-state index contributed by atoms with van der Waals surface area (Å²) in [7, 11) is 1.73. The van der Waals surface area contributed by atoms with Crippen molar-refractivity contribution in [3.8, 4) is 0 Å². The lowest BCUT2D eigenvalue weighted by atomic mass is 9.73. The number of primary amides is 1. The molecule has 1 aliphatic carbocycles. The first-order chi connectivity index (χ1) is 19.9. The van der Waals surface area contributed by atoms with E-state index in [9.17, 15) is 9.59 Å². The smallest absolute Gasteiger partial charge is 0.320 e. The van der Waals surface area contributed by atoms with Crippen LogP contribution in [0.2, 0.25) is 0 Å². The van der Waals surface area contributed by atoms with Crippen LogP contribution in [-0.4, -0.2) is 38.2 Å². The summed E-state index contributed by atoms with van der Waals surface area (Å²) in [5.74, 6) is -0.227. The van der Waals surface area contributed by atoms with Gasteiger partial charge in [0.15, 0.2) is 0 Å². The predicted octanol–water partition coefficient (Wildman–Crippen LogP) is 6.05. The molecular weight excluding hydrogens is 580 g/mol. The zero-order valence-corrected chi connectivity index (χ0v) is 25.4. The second-order valence-electron chi connectivity index (χ2n) is 10.7. The molecule has 3 aromatic carbocycles. The van der Waals surface area contributed by atoms with Crippen molar-refractivity contribution < 1.29 is 14.3 Å². The van der Waals surface area contributed by atoms with Crippen molar-refractivity contribution in [2.24, 2.45) is 5.73 Å². The van der Waals surface area contributed by atoms with Gasteiger partial charge >= 0.3 is 6.03 Å². The molecule has 0 aromatic heterocycles. The Hall–Kier alpha value is -3.20. The normalized spacial score (nSPS) is 16.9. The molecule has 0 heterocycles. The van der Waals surface area contributed by atoms with Crippen LogP contribution < -0.4 is 21.3 Å². The molecule has 0 spiro atoms. The van der Waals surface area contributed by atoms with Crippen LogP contribution >= 0.6 is 15.9 Å². The second-order valence-corrected chi connectivity index (χ2v) is 11.6. The number of methoxy groups -OCH3 is 1. The van der Waals surface area contributed by atoms with Crippen LogP contribution in [0.5, 0.6) is 0 Å². The summed E-state index contributed by atoms with van der Waals surface area (Å²) in [6.07, 6.45) is 6.14. The number of halogens is 1. The van der Waals surface area contributed by atoms with E-state index in [0.29, 0.717) is 25.1 Å². The molecule has 0 saturated carbocycles. The van der Waals surface area contributed by atoms with Gasteiger partial charge in [-0.1, -0.05) is 70.5 Å². The third-order valence-corrected chi connectivity index (χ3v) is 8.46. The number of hydrogen-bond acceptors (Lipinski definition) is 4. The molecule has 1 aliphatic rings. The number of aryl methyl sites for hydroxylation is 1. The number of fused-ring (bicyclic) bond motifs is 1. The largest absolute Gasteiger partial charge is 0.385 e. The Labute approximate surface area is 252 Å². The molecule has 218 valence electrons. The van der Waals surface area contributed by atoms with Crippen LogP contribution in [0.15, 0.2) is 83.3 Å². The number of carbonyl (C=O) groups excluding carboxylic acids is 2. The number of nitrogens with one attached hydrogen (secondary N) is 2. The Kier molecular flexibility index (Phi) is 11.4. The van der Waals surface area contributed by atoms with Gasteiger partial charge in [-0.15, -0.1) is 0 Å². The SMILES string of the molecule is COCCCCNC1(CC[C@@H](C(=O)NCc2ccccc2)N(C(N)=O)c2ccc(Br)cc2)CCCc2ccccc21. The number of amides is 3. The van der Waals surface area contributed by atoms with E-state index in [1.165, 1.54) is 16.0 Å². The van der Waals surface area contributed by atoms with E-state index in [1.807, 2.05) is 54.6 Å². The first-order valence-corrected chi connectivity index (χ1v) is 15.2. The van der Waals surface area contributed by atoms with Gasteiger partial charge in [0.05, 0.1) is 0 Å². The zero-order chi connectivity index (χ0) is 29.1. The third kappa shape index (κ3) is 8.18. The number of urea groups is 1. The van der Waals surface area contributed by atoms with Gasteiger partial charge in [-0.25, -0.2) is 4.79 Å². The summed E-state index contributed by atoms with van der Waals surface area (Å²) in [6.45, 7) is 1.94. The molecule has 0 bridgehead atoms. The predicted molar refractivity (Wildman–Crippen MR) is 168 cm³/mol. The molecule has 0 saturated heterocycles. The van der Waals surface area contributed by atoms with E-state index < -0.39 is 12.1 Å². The van der Waals surface area contributed by atoms with Crippen molar-refractivity contribution in [2.45, 2.75) is 63.1 Å². The monoisotopic (exact) mass is 620 g/mol. The maximum absolute atomic E-state index is 13.9. The highest BCUT2D eigenvalue weighted by atomic mass is 79.9. The van der Waals surface area contributed by atoms with Crippen molar-refractivity contribution in [3.05, 3.63) is 100 Å². The number of benzene rings is 3. The van der Waals surface area contributed by atoms with E-state index in [0.717, 1.165) is 55.3 Å². The van der Waals surface area contributed by atoms with Gasteiger partial charge in [-0.2, -0.15) is 0 Å². The maximum Gasteiger partial charge on any atom is 0.320 e. The van der Waals surface area contributed by atoms with Crippen LogP contribution in [0.3, 0.4) is 0 Å². The molecule has 2 atom stereocenters. The summed E-state index contributed by atoms with van der Waals surface area (Å²) in [5.41, 5.74) is 9.87. The fraction of sp³-hybridized carbons (Fsp3) is 0.394. The van der Waals surface area contributed by atoms with E-state index in [2.05, 4.69) is 50.8 Å². The number of nitrogens with zero attached hydrogens (tertiary/aromatic N) is 1. The summed E-state index contributed by atoms with van der Waals surface area (Å²) >= 11 is 3.46. The molecule has 3 aromatic rings. The number of anilines is 1. The zero-order valence-electron chi connectivity index (χ0n) is 23.8. The Bertz CT molecular complexity index is 1270. The fourth-order valence-corrected chi connectivity index (χ4v) is 6.14. The van der Waals surface area contributed by atoms with E-state index in [4.69, 9.17) is 10.5 Å². The van der Waals surface area contributed by atoms with Crippen LogP contribution in [0.25, 0.3) is 0 Å². The topological polar surface area (TPSA) is 96.7 Å².